The van der Waals surface area contributed by atoms with Crippen LogP contribution in [0.25, 0.3) is 0 Å². The minimum atomic E-state index is -0.991. The second-order valence-corrected chi connectivity index (χ2v) is 5.54. The van der Waals surface area contributed by atoms with E-state index in [9.17, 15) is 14.0 Å². The van der Waals surface area contributed by atoms with Crippen LogP contribution < -0.4 is 10.1 Å². The molecule has 0 unspecified atom stereocenters. The van der Waals surface area contributed by atoms with E-state index in [1.54, 1.807) is 6.07 Å². The summed E-state index contributed by atoms with van der Waals surface area (Å²) in [6.07, 6.45) is -0.971. The molecule has 0 saturated heterocycles. The smallest absolute Gasteiger partial charge is 0.310 e. The molecule has 0 aromatic heterocycles. The average Bonchev–Trinajstić information content (AvgIpc) is 2.56. The maximum absolute atomic E-state index is 13.1. The van der Waals surface area contributed by atoms with Gasteiger partial charge in [0, 0.05) is 5.69 Å². The zero-order valence-corrected chi connectivity index (χ0v) is 14.1. The van der Waals surface area contributed by atoms with Crippen molar-refractivity contribution in [3.8, 4) is 5.75 Å². The van der Waals surface area contributed by atoms with Gasteiger partial charge in [0.25, 0.3) is 5.91 Å². The Morgan fingerprint density at radius 3 is 2.56 bits per heavy atom. The summed E-state index contributed by atoms with van der Waals surface area (Å²) < 4.78 is 23.6. The number of hydrogen-bond donors (Lipinski definition) is 1. The van der Waals surface area contributed by atoms with E-state index in [2.05, 4.69) is 5.32 Å². The van der Waals surface area contributed by atoms with Gasteiger partial charge in [-0.3, -0.25) is 9.59 Å². The van der Waals surface area contributed by atoms with Gasteiger partial charge in [-0.05, 0) is 44.2 Å². The fourth-order valence-corrected chi connectivity index (χ4v) is 2.01. The second-order valence-electron chi connectivity index (χ2n) is 5.54. The van der Waals surface area contributed by atoms with E-state index >= 15 is 0 Å². The number of halogens is 1. The SMILES string of the molecule is Cc1ccc(OCCC(=O)O[C@H](C)C(=O)Nc2cccc(F)c2)cc1. The van der Waals surface area contributed by atoms with Crippen LogP contribution in [-0.2, 0) is 14.3 Å². The molecule has 0 fully saturated rings. The third-order valence-electron chi connectivity index (χ3n) is 3.37. The summed E-state index contributed by atoms with van der Waals surface area (Å²) in [6, 6.07) is 12.9. The molecule has 132 valence electrons. The highest BCUT2D eigenvalue weighted by Crippen LogP contribution is 2.12. The van der Waals surface area contributed by atoms with Crippen molar-refractivity contribution in [2.75, 3.05) is 11.9 Å². The Bertz CT molecular complexity index is 730. The minimum Gasteiger partial charge on any atom is -0.493 e. The molecule has 1 atom stereocenters. The number of carbonyl (C=O) groups excluding carboxylic acids is 2. The fraction of sp³-hybridized carbons (Fsp3) is 0.263. The quantitative estimate of drug-likeness (QED) is 0.781. The summed E-state index contributed by atoms with van der Waals surface area (Å²) in [7, 11) is 0. The van der Waals surface area contributed by atoms with Gasteiger partial charge in [-0.25, -0.2) is 4.39 Å². The van der Waals surface area contributed by atoms with Crippen LogP contribution >= 0.6 is 0 Å². The van der Waals surface area contributed by atoms with Crippen LogP contribution in [0.15, 0.2) is 48.5 Å². The number of esters is 1. The molecule has 0 radical (unpaired) electrons. The Kier molecular flexibility index (Phi) is 6.51. The van der Waals surface area contributed by atoms with E-state index in [0.717, 1.165) is 5.56 Å². The summed E-state index contributed by atoms with van der Waals surface area (Å²) in [5, 5.41) is 2.49. The Morgan fingerprint density at radius 2 is 1.88 bits per heavy atom. The zero-order valence-electron chi connectivity index (χ0n) is 14.1. The molecular formula is C19H20FNO4. The van der Waals surface area contributed by atoms with Crippen molar-refractivity contribution >= 4 is 17.6 Å². The fourth-order valence-electron chi connectivity index (χ4n) is 2.01. The van der Waals surface area contributed by atoms with Gasteiger partial charge in [0.05, 0.1) is 13.0 Å². The van der Waals surface area contributed by atoms with E-state index in [4.69, 9.17) is 9.47 Å². The number of anilines is 1. The first-order valence-electron chi connectivity index (χ1n) is 7.89. The van der Waals surface area contributed by atoms with Crippen molar-refractivity contribution < 1.29 is 23.5 Å². The van der Waals surface area contributed by atoms with Gasteiger partial charge >= 0.3 is 5.97 Å². The van der Waals surface area contributed by atoms with Gasteiger partial charge in [0.15, 0.2) is 6.10 Å². The van der Waals surface area contributed by atoms with Crippen molar-refractivity contribution in [3.63, 3.8) is 0 Å². The molecule has 1 N–H and O–H groups in total. The van der Waals surface area contributed by atoms with Crippen molar-refractivity contribution in [2.45, 2.75) is 26.4 Å². The predicted molar refractivity (Wildman–Crippen MR) is 91.9 cm³/mol. The van der Waals surface area contributed by atoms with Gasteiger partial charge in [-0.1, -0.05) is 23.8 Å². The molecule has 25 heavy (non-hydrogen) atoms. The van der Waals surface area contributed by atoms with Gasteiger partial charge < -0.3 is 14.8 Å². The Labute approximate surface area is 145 Å². The second kappa shape index (κ2) is 8.82. The molecule has 6 heteroatoms. The number of hydrogen-bond acceptors (Lipinski definition) is 4. The Morgan fingerprint density at radius 1 is 1.16 bits per heavy atom. The molecule has 0 aliphatic rings. The van der Waals surface area contributed by atoms with E-state index in [-0.39, 0.29) is 13.0 Å². The van der Waals surface area contributed by atoms with Crippen molar-refractivity contribution in [1.29, 1.82) is 0 Å². The van der Waals surface area contributed by atoms with Gasteiger partial charge in [0.1, 0.15) is 11.6 Å². The largest absolute Gasteiger partial charge is 0.493 e. The summed E-state index contributed by atoms with van der Waals surface area (Å²) in [6.45, 7) is 3.57. The normalized spacial score (nSPS) is 11.5. The van der Waals surface area contributed by atoms with E-state index < -0.39 is 23.8 Å². The molecule has 1 amide bonds. The van der Waals surface area contributed by atoms with Crippen molar-refractivity contribution in [1.82, 2.24) is 0 Å². The molecule has 2 aromatic carbocycles. The lowest BCUT2D eigenvalue weighted by Gasteiger charge is -2.14. The summed E-state index contributed by atoms with van der Waals surface area (Å²) in [5.74, 6) is -0.876. The van der Waals surface area contributed by atoms with Crippen LogP contribution in [0.2, 0.25) is 0 Å². The molecule has 0 spiro atoms. The third kappa shape index (κ3) is 6.25. The zero-order chi connectivity index (χ0) is 18.2. The molecule has 0 aliphatic heterocycles. The number of aryl methyl sites for hydroxylation is 1. The van der Waals surface area contributed by atoms with Crippen molar-refractivity contribution in [3.05, 3.63) is 59.9 Å². The standard InChI is InChI=1S/C19H20FNO4/c1-13-6-8-17(9-7-13)24-11-10-18(22)25-14(2)19(23)21-16-5-3-4-15(20)12-16/h3-9,12,14H,10-11H2,1-2H3,(H,21,23)/t14-/m1/s1. The van der Waals surface area contributed by atoms with Crippen LogP contribution in [0.1, 0.15) is 18.9 Å². The molecule has 0 aliphatic carbocycles. The highest BCUT2D eigenvalue weighted by molar-refractivity contribution is 5.95. The van der Waals surface area contributed by atoms with Crippen LogP contribution in [0.3, 0.4) is 0 Å². The molecule has 2 rings (SSSR count). The number of ether oxygens (including phenoxy) is 2. The lowest BCUT2D eigenvalue weighted by Crippen LogP contribution is -2.30. The molecular weight excluding hydrogens is 325 g/mol. The molecule has 0 heterocycles. The lowest BCUT2D eigenvalue weighted by atomic mass is 10.2. The van der Waals surface area contributed by atoms with Crippen LogP contribution in [0.4, 0.5) is 10.1 Å². The predicted octanol–water partition coefficient (Wildman–Crippen LogP) is 3.47. The van der Waals surface area contributed by atoms with Crippen molar-refractivity contribution in [2.24, 2.45) is 0 Å². The summed E-state index contributed by atoms with van der Waals surface area (Å²) >= 11 is 0. The highest BCUT2D eigenvalue weighted by atomic mass is 19.1. The Hall–Kier alpha value is -2.89. The van der Waals surface area contributed by atoms with Crippen LogP contribution in [0, 0.1) is 12.7 Å². The maximum Gasteiger partial charge on any atom is 0.310 e. The topological polar surface area (TPSA) is 64.6 Å². The van der Waals surface area contributed by atoms with E-state index in [1.807, 2.05) is 31.2 Å². The monoisotopic (exact) mass is 345 g/mol. The lowest BCUT2D eigenvalue weighted by molar-refractivity contribution is -0.153. The molecule has 2 aromatic rings. The molecule has 0 bridgehead atoms. The van der Waals surface area contributed by atoms with Gasteiger partial charge in [-0.2, -0.15) is 0 Å². The Balaban J connectivity index is 1.73. The van der Waals surface area contributed by atoms with Gasteiger partial charge in [-0.15, -0.1) is 0 Å². The summed E-state index contributed by atoms with van der Waals surface area (Å²) in [4.78, 5) is 23.7. The molecule has 5 nitrogen and oxygen atoms in total. The highest BCUT2D eigenvalue weighted by Gasteiger charge is 2.18. The number of benzene rings is 2. The number of nitrogens with one attached hydrogen (secondary N) is 1. The first-order chi connectivity index (χ1) is 11.9. The maximum atomic E-state index is 13.1. The van der Waals surface area contributed by atoms with Gasteiger partial charge in [0.2, 0.25) is 0 Å². The van der Waals surface area contributed by atoms with Crippen LogP contribution in [-0.4, -0.2) is 24.6 Å². The van der Waals surface area contributed by atoms with Crippen LogP contribution in [0.5, 0.6) is 5.75 Å². The summed E-state index contributed by atoms with van der Waals surface area (Å²) in [5.41, 5.74) is 1.42. The third-order valence-corrected chi connectivity index (χ3v) is 3.37. The number of amides is 1. The minimum absolute atomic E-state index is 0.0193. The number of carbonyl (C=O) groups is 2. The van der Waals surface area contributed by atoms with E-state index in [0.29, 0.717) is 11.4 Å². The first-order valence-corrected chi connectivity index (χ1v) is 7.89. The first kappa shape index (κ1) is 18.4. The molecule has 0 saturated carbocycles. The van der Waals surface area contributed by atoms with E-state index in [1.165, 1.54) is 25.1 Å². The average molecular weight is 345 g/mol. The number of rotatable bonds is 7.